The number of hydrogen-bond donors (Lipinski definition) is 1. The average molecular weight is 2030 g/mol. The Bertz CT molecular complexity index is 3570. The van der Waals surface area contributed by atoms with Crippen molar-refractivity contribution in [3.05, 3.63) is 0 Å². The summed E-state index contributed by atoms with van der Waals surface area (Å²) in [7, 11) is 0. The number of likely N-dealkylation sites (tertiary alicyclic amines) is 18. The monoisotopic (exact) mass is 2030 g/mol. The van der Waals surface area contributed by atoms with Crippen molar-refractivity contribution in [3.8, 4) is 0 Å². The van der Waals surface area contributed by atoms with Gasteiger partial charge in [0.1, 0.15) is 6.04 Å². The van der Waals surface area contributed by atoms with Crippen molar-refractivity contribution in [2.75, 3.05) is 196 Å². The van der Waals surface area contributed by atoms with E-state index in [1.54, 1.807) is 0 Å². The standard InChI is InChI=1S/C14H26N2O2.2C14H28N2.2C13H26N2.2C12H24N2.2C11H22N2.3CO2.CH4/c1-14(2,3)15-9-6-11(7-10-15)16-8-4-5-12(16)13(17)18;1-12-7-5-6-9-16(12)13-8-10-15(11-13)14(2,3)4;1-14(2,3)16-11-7-13(8-12-16)15-9-5-4-6-10-15;1-11-5-10-15(11)12-6-8-14(9-7-12)13(2,3)4;1-11-6-5-8-15(11)12-7-9-14(10-12)13(2,3)4;1-10-5-8-14(10)11-6-7-13(9-11)12(2,3)4;1-12(2,3)14-9-11(10-14)13-7-5-4-6-8-13;1-9-5-6-13(9)10-7-12(8-10)11(2,3)4;1-11(2,3)13-8-10(9-13)12-6-4-5-7-12;3*2-1-3;/h11-12H,4-10H2,1-3H3,(H,17,18);12-13H,5-11H2,1-4H3;13H,4-12H2,1-3H3;2*11-12H,5-10H2,1-4H3;10-11H,5-9H2,1-4H3;11H,4-10H2,1-3H3;9-10H,5-8H2,1-4H3;10H,4-9H2,1-3H3;;;;1H4. The highest BCUT2D eigenvalue weighted by molar-refractivity contribution is 5.73. The Morgan fingerprint density at radius 1 is 0.194 bits per heavy atom. The Morgan fingerprint density at radius 2 is 0.389 bits per heavy atom. The molecule has 144 heavy (non-hydrogen) atoms. The van der Waals surface area contributed by atoms with Crippen molar-refractivity contribution in [2.24, 2.45) is 0 Å². The van der Waals surface area contributed by atoms with Crippen molar-refractivity contribution in [3.63, 3.8) is 0 Å². The largest absolute Gasteiger partial charge is 0.480 e. The molecule has 0 aromatic rings. The van der Waals surface area contributed by atoms with Crippen LogP contribution in [0.3, 0.4) is 0 Å². The third-order valence-corrected chi connectivity index (χ3v) is 36.4. The van der Waals surface area contributed by atoms with Crippen molar-refractivity contribution < 1.29 is 38.7 Å². The van der Waals surface area contributed by atoms with Crippen LogP contribution in [0.15, 0.2) is 0 Å². The van der Waals surface area contributed by atoms with Gasteiger partial charge in [0, 0.05) is 272 Å². The molecule has 840 valence electrons. The Balaban J connectivity index is 0.000000245. The first-order chi connectivity index (χ1) is 66.8. The Morgan fingerprint density at radius 3 is 0.646 bits per heavy atom. The van der Waals surface area contributed by atoms with Gasteiger partial charge in [0.15, 0.2) is 0 Å². The van der Waals surface area contributed by atoms with Crippen molar-refractivity contribution >= 4 is 24.4 Å². The van der Waals surface area contributed by atoms with E-state index >= 15 is 0 Å². The van der Waals surface area contributed by atoms with Crippen LogP contribution in [0.4, 0.5) is 0 Å². The minimum Gasteiger partial charge on any atom is -0.480 e. The molecule has 18 aliphatic heterocycles. The number of hydrogen-bond acceptors (Lipinski definition) is 25. The van der Waals surface area contributed by atoms with E-state index in [1.807, 2.05) is 0 Å². The van der Waals surface area contributed by atoms with Gasteiger partial charge in [-0.05, 0) is 435 Å². The lowest BCUT2D eigenvalue weighted by Crippen LogP contribution is -2.68. The summed E-state index contributed by atoms with van der Waals surface area (Å²) in [6.07, 6.45) is 37.3. The molecule has 9 unspecified atom stereocenters. The summed E-state index contributed by atoms with van der Waals surface area (Å²) in [4.78, 5) is 107. The van der Waals surface area contributed by atoms with Gasteiger partial charge in [-0.15, -0.1) is 0 Å². The molecule has 18 aliphatic rings. The molecular weight excluding hydrogens is 1800 g/mol. The second-order valence-corrected chi connectivity index (χ2v) is 55.4. The highest BCUT2D eigenvalue weighted by Crippen LogP contribution is 2.38. The van der Waals surface area contributed by atoms with E-state index in [1.165, 1.54) is 324 Å². The van der Waals surface area contributed by atoms with Crippen LogP contribution in [0.1, 0.15) is 402 Å². The van der Waals surface area contributed by atoms with E-state index in [2.05, 4.69) is 310 Å². The molecule has 9 atom stereocenters. The summed E-state index contributed by atoms with van der Waals surface area (Å²) in [5, 5.41) is 9.24. The molecule has 0 aromatic carbocycles. The van der Waals surface area contributed by atoms with Crippen LogP contribution in [0.5, 0.6) is 0 Å². The maximum absolute atomic E-state index is 11.2. The minimum atomic E-state index is -0.634. The van der Waals surface area contributed by atoms with Gasteiger partial charge in [0.05, 0.1) is 0 Å². The topological polar surface area (TPSA) is 198 Å². The molecule has 26 nitrogen and oxygen atoms in total. The van der Waals surface area contributed by atoms with Crippen LogP contribution in [0.25, 0.3) is 0 Å². The number of rotatable bonds is 10. The molecule has 0 bridgehead atoms. The van der Waals surface area contributed by atoms with E-state index in [-0.39, 0.29) is 37.5 Å². The van der Waals surface area contributed by atoms with Crippen molar-refractivity contribution in [1.29, 1.82) is 0 Å². The summed E-state index contributed by atoms with van der Waals surface area (Å²) >= 11 is 0. The lowest BCUT2D eigenvalue weighted by Gasteiger charge is -2.56. The van der Waals surface area contributed by atoms with Crippen molar-refractivity contribution in [1.82, 2.24) is 88.2 Å². The number of carbonyl (C=O) groups is 1. The smallest absolute Gasteiger partial charge is 0.373 e. The molecule has 18 fully saturated rings. The fourth-order valence-corrected chi connectivity index (χ4v) is 25.7. The Labute approximate surface area is 885 Å². The number of aliphatic carboxylic acids is 1. The maximum atomic E-state index is 11.2. The molecule has 0 aliphatic carbocycles. The quantitative estimate of drug-likeness (QED) is 0.216. The van der Waals surface area contributed by atoms with Crippen LogP contribution in [-0.2, 0) is 33.6 Å². The van der Waals surface area contributed by atoms with Gasteiger partial charge in [0.25, 0.3) is 0 Å². The zero-order valence-electron chi connectivity index (χ0n) is 98.8. The van der Waals surface area contributed by atoms with Gasteiger partial charge in [0.2, 0.25) is 0 Å². The van der Waals surface area contributed by atoms with E-state index in [4.69, 9.17) is 28.8 Å². The fraction of sp³-hybridized carbons (Fsp3) is 0.966. The zero-order valence-corrected chi connectivity index (χ0v) is 98.8. The predicted molar refractivity (Wildman–Crippen MR) is 596 cm³/mol. The van der Waals surface area contributed by atoms with E-state index in [0.717, 1.165) is 124 Å². The van der Waals surface area contributed by atoms with Crippen molar-refractivity contribution in [2.45, 2.75) is 543 Å². The number of piperidine rings is 6. The number of carboxylic acid groups (broad SMARTS) is 1. The minimum absolute atomic E-state index is 0. The third kappa shape index (κ3) is 41.3. The molecule has 0 spiro atoms. The van der Waals surface area contributed by atoms with Crippen LogP contribution in [0, 0.1) is 0 Å². The SMILES string of the molecule is C.CC(C)(C)N1CC(N2CCCC2)C1.CC(C)(C)N1CC(N2CCCCC2)C1.CC(C)(C)N1CCC(N2CCCC2C(=O)O)CC1.CC(C)(C)N1CCC(N2CCCCC2)CC1.CC1CCCCN1C1CCN(C(C)(C)C)C1.CC1CCCN1C1CCN(C(C)(C)C)C1.CC1CCN1C1CCN(C(C)(C)C)C1.CC1CCN1C1CCN(C(C)(C)C)CC1.CC1CCN1C1CN(C(C)(C)C)C1.O=C=O.O=C=O.O=C=O. The first-order valence-corrected chi connectivity index (χ1v) is 58.5. The normalized spacial score (nSPS) is 29.2. The second kappa shape index (κ2) is 59.5. The van der Waals surface area contributed by atoms with Gasteiger partial charge < -0.3 is 10.0 Å². The molecule has 0 saturated carbocycles. The molecule has 18 saturated heterocycles. The van der Waals surface area contributed by atoms with Crippen LogP contribution < -0.4 is 0 Å². The van der Waals surface area contributed by atoms with Crippen LogP contribution in [-0.4, -0.2) is 455 Å². The van der Waals surface area contributed by atoms with Gasteiger partial charge in [-0.25, -0.2) is 0 Å². The third-order valence-electron chi connectivity index (χ3n) is 36.4. The predicted octanol–water partition coefficient (Wildman–Crippen LogP) is 17.9. The summed E-state index contributed by atoms with van der Waals surface area (Å²) in [5.41, 5.74) is 3.20. The van der Waals surface area contributed by atoms with Gasteiger partial charge in [-0.2, -0.15) is 28.8 Å². The second-order valence-electron chi connectivity index (χ2n) is 55.4. The molecule has 18 rings (SSSR count). The van der Waals surface area contributed by atoms with E-state index < -0.39 is 5.97 Å². The lowest BCUT2D eigenvalue weighted by molar-refractivity contribution is -0.193. The first-order valence-electron chi connectivity index (χ1n) is 58.5. The first kappa shape index (κ1) is 130. The average Bonchev–Trinajstić information content (AvgIpc) is 1.16. The summed E-state index contributed by atoms with van der Waals surface area (Å²) in [6.45, 7) is 113. The molecule has 0 radical (unpaired) electrons. The van der Waals surface area contributed by atoms with Gasteiger partial charge in [-0.3, -0.25) is 88.1 Å². The molecular formula is C118H230N18O8. The summed E-state index contributed by atoms with van der Waals surface area (Å²) in [5.74, 6) is -0.634. The zero-order chi connectivity index (χ0) is 107. The molecule has 18 heterocycles. The lowest BCUT2D eigenvalue weighted by atomic mass is 9.92. The number of carbonyl (C=O) groups excluding carboxylic acids is 6. The Hall–Kier alpha value is -3.11. The van der Waals surface area contributed by atoms with Crippen LogP contribution >= 0.6 is 0 Å². The highest BCUT2D eigenvalue weighted by Gasteiger charge is 2.47. The van der Waals surface area contributed by atoms with Crippen LogP contribution in [0.2, 0.25) is 0 Å². The highest BCUT2D eigenvalue weighted by atomic mass is 16.4. The Kier molecular flexibility index (Phi) is 53.6. The van der Waals surface area contributed by atoms with E-state index in [9.17, 15) is 9.90 Å². The van der Waals surface area contributed by atoms with Gasteiger partial charge in [-0.1, -0.05) is 26.7 Å². The molecule has 26 heteroatoms. The van der Waals surface area contributed by atoms with E-state index in [0.29, 0.717) is 50.4 Å². The fourth-order valence-electron chi connectivity index (χ4n) is 25.7. The molecule has 0 amide bonds. The summed E-state index contributed by atoms with van der Waals surface area (Å²) in [6, 6.07) is 11.3. The van der Waals surface area contributed by atoms with Gasteiger partial charge >= 0.3 is 24.4 Å². The number of nitrogens with zero attached hydrogens (tertiary/aromatic N) is 18. The molecule has 0 aromatic heterocycles. The number of carboxylic acids is 1. The maximum Gasteiger partial charge on any atom is 0.373 e. The summed E-state index contributed by atoms with van der Waals surface area (Å²) < 4.78 is 0. The molecule has 1 N–H and O–H groups in total.